The summed E-state index contributed by atoms with van der Waals surface area (Å²) in [6.07, 6.45) is 9.86. The summed E-state index contributed by atoms with van der Waals surface area (Å²) >= 11 is 54.1. The lowest BCUT2D eigenvalue weighted by Crippen LogP contribution is -1.25. The van der Waals surface area contributed by atoms with Crippen molar-refractivity contribution in [3.05, 3.63) is 0 Å². The molecule has 0 saturated heterocycles. The number of hydrogen-bond acceptors (Lipinski definition) is 16. The average Bonchev–Trinajstić information content (AvgIpc) is 2.83. The lowest BCUT2D eigenvalue weighted by Gasteiger charge is -1.51. The van der Waals surface area contributed by atoms with E-state index in [1.54, 1.807) is 36.7 Å². The first-order chi connectivity index (χ1) is 15.4. The van der Waals surface area contributed by atoms with E-state index in [0.717, 1.165) is 25.1 Å². The quantitative estimate of drug-likeness (QED) is 0.184. The topological polar surface area (TPSA) is 17.1 Å². The first-order valence-electron chi connectivity index (χ1n) is 6.79. The third-order valence-electron chi connectivity index (χ3n) is 0.0278. The molecule has 1 nitrogen and oxygen atoms in total. The van der Waals surface area contributed by atoms with Crippen LogP contribution in [0.15, 0.2) is 0 Å². The van der Waals surface area contributed by atoms with Gasteiger partial charge in [-0.3, -0.25) is 0 Å². The average molecular weight is 921 g/mol. The Morgan fingerprint density at radius 3 is 0.605 bits per heavy atom. The van der Waals surface area contributed by atoms with Crippen LogP contribution in [-0.4, -0.2) is 42.2 Å². The summed E-state index contributed by atoms with van der Waals surface area (Å²) in [5.74, 6) is 0. The maximum absolute atomic E-state index is 7.83. The van der Waals surface area contributed by atoms with Crippen LogP contribution in [0.5, 0.6) is 0 Å². The van der Waals surface area contributed by atoms with Crippen molar-refractivity contribution >= 4 is 215 Å². The second-order valence-electron chi connectivity index (χ2n) is 1.27. The fourth-order valence-electron chi connectivity index (χ4n) is 0. The summed E-state index contributed by atoms with van der Waals surface area (Å²) in [5, 5.41) is 0. The molecule has 38 heavy (non-hydrogen) atoms. The lowest BCUT2D eigenvalue weighted by molar-refractivity contribution is 0.702. The Labute approximate surface area is 333 Å². The standard InChI is InChI=1S/2C2H6S.2C2H6.CH3PS.CH4S.7CH4.OS.S4.2S3.2S2/c2*1-3-2;2*1-2;1-2-3;1-2;;;;;;;;1-2;1-3-4-2;2*1-3-2;2*1-2/h2*1-2H3;2*1-2H3;1H3;2H,1H3;7*1H4;;;;;;/i;;1D;;;;;;;;;;;;;;;;. The van der Waals surface area contributed by atoms with Gasteiger partial charge in [0, 0.05) is 149 Å². The maximum Gasteiger partial charge on any atom is 0.197 e. The summed E-state index contributed by atoms with van der Waals surface area (Å²) in [6.45, 7) is 8.20. The maximum atomic E-state index is 7.83. The van der Waals surface area contributed by atoms with Gasteiger partial charge in [-0.1, -0.05) is 91.5 Å². The van der Waals surface area contributed by atoms with Gasteiger partial charge in [0.1, 0.15) is 0 Å². The molecule has 252 valence electrons. The van der Waals surface area contributed by atoms with E-state index < -0.39 is 0 Å². The van der Waals surface area contributed by atoms with Crippen LogP contribution in [0.4, 0.5) is 0 Å². The molecule has 0 fully saturated rings. The zero-order chi connectivity index (χ0) is 29.7. The molecule has 0 aromatic rings. The first kappa shape index (κ1) is 122. The van der Waals surface area contributed by atoms with Crippen molar-refractivity contribution in [1.29, 1.82) is 0 Å². The molecule has 0 spiro atoms. The van der Waals surface area contributed by atoms with Gasteiger partial charge in [-0.2, -0.15) is 40.4 Å². The zero-order valence-electron chi connectivity index (χ0n) is 19.4. The molecule has 0 radical (unpaired) electrons. The van der Waals surface area contributed by atoms with Crippen molar-refractivity contribution in [2.75, 3.05) is 37.9 Å². The molecule has 21 heteroatoms. The van der Waals surface area contributed by atoms with E-state index in [1.165, 1.54) is 17.8 Å². The molecule has 0 aliphatic carbocycles. The van der Waals surface area contributed by atoms with Crippen LogP contribution in [0.25, 0.3) is 0 Å². The summed E-state index contributed by atoms with van der Waals surface area (Å²) in [4.78, 5) is 0. The van der Waals surface area contributed by atoms with E-state index in [0.29, 0.717) is 6.90 Å². The molecule has 0 N–H and O–H groups in total. The third kappa shape index (κ3) is 1990. The van der Waals surface area contributed by atoms with Gasteiger partial charge in [0.15, 0.2) is 12.5 Å². The third-order valence-corrected chi connectivity index (χ3v) is 2.25. The van der Waals surface area contributed by atoms with Crippen LogP contribution in [0.1, 0.15) is 81.0 Å². The molecule has 0 unspecified atom stereocenters. The van der Waals surface area contributed by atoms with Crippen molar-refractivity contribution in [3.63, 3.8) is 0 Å². The van der Waals surface area contributed by atoms with Crippen LogP contribution in [0, 0.1) is 0 Å². The van der Waals surface area contributed by atoms with Gasteiger partial charge in [0.2, 0.25) is 0 Å². The molecule has 0 aliphatic heterocycles. The fourth-order valence-corrected chi connectivity index (χ4v) is 0. The SMILES string of the molecule is C.C.C.C.C.C.C.CC.CP=S.CS.CSC.CSC.O=S.S=S.S=S.S=S=S.S=S=S.S=S=S=S.[2H]CC. The van der Waals surface area contributed by atoms with Gasteiger partial charge >= 0.3 is 0 Å². The molecular formula is C17H59OPS19. The number of rotatable bonds is 0. The van der Waals surface area contributed by atoms with Crippen molar-refractivity contribution in [2.24, 2.45) is 0 Å². The van der Waals surface area contributed by atoms with Gasteiger partial charge in [-0.25, -0.2) is 0 Å². The van der Waals surface area contributed by atoms with Gasteiger partial charge in [0.25, 0.3) is 0 Å². The minimum Gasteiger partial charge on any atom is -0.197 e. The Balaban J connectivity index is -0.00000000652. The van der Waals surface area contributed by atoms with Crippen LogP contribution in [0.2, 0.25) is 0 Å². The van der Waals surface area contributed by atoms with Crippen molar-refractivity contribution in [2.45, 2.75) is 79.7 Å². The number of hydrogen-bond donors (Lipinski definition) is 1. The molecule has 0 rings (SSSR count). The highest BCUT2D eigenvalue weighted by Crippen LogP contribution is 1.70. The smallest absolute Gasteiger partial charge is 0.197 e. The van der Waals surface area contributed by atoms with Gasteiger partial charge in [0.05, 0.1) is 0 Å². The summed E-state index contributed by atoms with van der Waals surface area (Å²) in [7, 11) is 5.18. The van der Waals surface area contributed by atoms with Crippen molar-refractivity contribution < 1.29 is 5.58 Å². The number of thioether (sulfide) groups is 2. The van der Waals surface area contributed by atoms with Crippen LogP contribution >= 0.6 is 43.5 Å². The molecule has 0 aromatic carbocycles. The Morgan fingerprint density at radius 2 is 0.605 bits per heavy atom. The minimum atomic E-state index is 0. The highest BCUT2D eigenvalue weighted by Gasteiger charge is 1.33. The largest absolute Gasteiger partial charge is 0.197 e. The summed E-state index contributed by atoms with van der Waals surface area (Å²) in [5.41, 5.74) is 0. The van der Waals surface area contributed by atoms with E-state index in [2.05, 4.69) is 149 Å². The van der Waals surface area contributed by atoms with Crippen molar-refractivity contribution in [1.82, 2.24) is 0 Å². The Hall–Kier alpha value is 4.67. The molecular weight excluding hydrogens is 860 g/mol. The predicted molar refractivity (Wildman–Crippen MR) is 255 cm³/mol. The fraction of sp³-hybridized carbons (Fsp3) is 1.00. The summed E-state index contributed by atoms with van der Waals surface area (Å²) in [6, 6.07) is 0. The molecule has 0 saturated carbocycles. The molecule has 0 amide bonds. The summed E-state index contributed by atoms with van der Waals surface area (Å²) < 4.78 is 14.0. The Bertz CT molecular complexity index is 306. The van der Waals surface area contributed by atoms with E-state index in [-0.39, 0.29) is 52.0 Å². The first-order valence-corrected chi connectivity index (χ1v) is 24.9. The van der Waals surface area contributed by atoms with E-state index in [9.17, 15) is 0 Å². The molecule has 0 atom stereocenters. The van der Waals surface area contributed by atoms with Gasteiger partial charge in [-0.05, 0) is 45.3 Å². The van der Waals surface area contributed by atoms with E-state index in [4.69, 9.17) is 5.58 Å². The Kier molecular flexibility index (Phi) is 1620. The molecule has 0 heterocycles. The second-order valence-corrected chi connectivity index (χ2v) is 11.4. The van der Waals surface area contributed by atoms with Crippen LogP contribution in [-0.2, 0) is 172 Å². The van der Waals surface area contributed by atoms with E-state index >= 15 is 0 Å². The zero-order valence-corrected chi connectivity index (χ0v) is 34.8. The lowest BCUT2D eigenvalue weighted by atomic mass is 11.0. The van der Waals surface area contributed by atoms with E-state index in [1.807, 2.05) is 45.5 Å². The highest BCUT2D eigenvalue weighted by molar-refractivity contribution is 8.51. The van der Waals surface area contributed by atoms with Crippen molar-refractivity contribution in [3.8, 4) is 0 Å². The van der Waals surface area contributed by atoms with Gasteiger partial charge < -0.3 is 0 Å². The van der Waals surface area contributed by atoms with Gasteiger partial charge in [-0.15, -0.1) is 0 Å². The highest BCUT2D eigenvalue weighted by atomic mass is 33.2. The molecule has 0 bridgehead atoms. The number of thiol groups is 1. The Morgan fingerprint density at radius 1 is 0.579 bits per heavy atom. The second kappa shape index (κ2) is 506. The monoisotopic (exact) mass is 919 g/mol. The minimum absolute atomic E-state index is 0. The predicted octanol–water partition coefficient (Wildman–Crippen LogP) is 9.66. The van der Waals surface area contributed by atoms with Crippen LogP contribution < -0.4 is 0 Å². The molecule has 0 aliphatic rings. The van der Waals surface area contributed by atoms with Crippen LogP contribution in [0.3, 0.4) is 0 Å². The normalized spacial score (nSPS) is 3.79. The molecule has 0 aromatic heterocycles.